The Labute approximate surface area is 59.2 Å². The number of thioether (sulfide) groups is 1. The van der Waals surface area contributed by atoms with Crippen molar-refractivity contribution in [2.45, 2.75) is 19.1 Å². The largest absolute Gasteiger partial charge is 0.369 e. The van der Waals surface area contributed by atoms with Gasteiger partial charge in [0.05, 0.1) is 5.25 Å². The molecule has 0 heterocycles. The lowest BCUT2D eigenvalue weighted by molar-refractivity contribution is -0.117. The van der Waals surface area contributed by atoms with Crippen LogP contribution in [0.15, 0.2) is 0 Å². The summed E-state index contributed by atoms with van der Waals surface area (Å²) in [6.45, 7) is 3.46. The topological polar surface area (TPSA) is 43.1 Å². The Bertz CT molecular complexity index is 156. The number of carbonyl (C=O) groups excluding carboxylic acids is 1. The smallest absolute Gasteiger partial charge is 0.231 e. The third kappa shape index (κ3) is 3.92. The first-order valence-corrected chi connectivity index (χ1v) is 3.43. The number of carbonyl (C=O) groups is 1. The Balaban J connectivity index is 3.59. The van der Waals surface area contributed by atoms with Crippen molar-refractivity contribution >= 4 is 17.7 Å². The maximum Gasteiger partial charge on any atom is 0.231 e. The lowest BCUT2D eigenvalue weighted by Crippen LogP contribution is -2.21. The molecule has 3 heteroatoms. The van der Waals surface area contributed by atoms with Crippen molar-refractivity contribution in [1.82, 2.24) is 0 Å². The standard InChI is InChI=1S/C6H9NOS/c1-3-4-9-5(2)6(7)8/h5H,1-2H3,(H2,7,8). The van der Waals surface area contributed by atoms with Crippen LogP contribution in [0.3, 0.4) is 0 Å². The molecule has 9 heavy (non-hydrogen) atoms. The molecule has 0 saturated heterocycles. The van der Waals surface area contributed by atoms with Crippen LogP contribution in [0, 0.1) is 11.2 Å². The summed E-state index contributed by atoms with van der Waals surface area (Å²) in [5.74, 6) is 2.34. The summed E-state index contributed by atoms with van der Waals surface area (Å²) in [7, 11) is 0. The van der Waals surface area contributed by atoms with Crippen LogP contribution in [0.25, 0.3) is 0 Å². The van der Waals surface area contributed by atoms with Gasteiger partial charge in [-0.1, -0.05) is 17.7 Å². The highest BCUT2D eigenvalue weighted by molar-refractivity contribution is 8.05. The normalized spacial score (nSPS) is 11.3. The summed E-state index contributed by atoms with van der Waals surface area (Å²) in [5, 5.41) is 2.50. The SMILES string of the molecule is CC#CSC(C)C(N)=O. The Morgan fingerprint density at radius 3 is 2.67 bits per heavy atom. The summed E-state index contributed by atoms with van der Waals surface area (Å²) >= 11 is 1.25. The van der Waals surface area contributed by atoms with Gasteiger partial charge in [-0.3, -0.25) is 4.79 Å². The molecule has 0 aromatic carbocycles. The predicted octanol–water partition coefficient (Wildman–Crippen LogP) is 0.574. The number of hydrogen-bond acceptors (Lipinski definition) is 2. The molecular weight excluding hydrogens is 134 g/mol. The van der Waals surface area contributed by atoms with Crippen molar-refractivity contribution in [3.8, 4) is 11.2 Å². The third-order valence-electron chi connectivity index (χ3n) is 0.738. The molecule has 0 aliphatic carbocycles. The molecule has 0 fully saturated rings. The molecule has 2 N–H and O–H groups in total. The van der Waals surface area contributed by atoms with Gasteiger partial charge in [-0.25, -0.2) is 0 Å². The number of rotatable bonds is 2. The van der Waals surface area contributed by atoms with Crippen LogP contribution in [-0.4, -0.2) is 11.2 Å². The van der Waals surface area contributed by atoms with E-state index < -0.39 is 0 Å². The fraction of sp³-hybridized carbons (Fsp3) is 0.500. The maximum atomic E-state index is 10.3. The van der Waals surface area contributed by atoms with Gasteiger partial charge in [0.2, 0.25) is 5.91 Å². The summed E-state index contributed by atoms with van der Waals surface area (Å²) in [6.07, 6.45) is 0. The maximum absolute atomic E-state index is 10.3. The minimum absolute atomic E-state index is 0.197. The van der Waals surface area contributed by atoms with E-state index in [9.17, 15) is 4.79 Å². The van der Waals surface area contributed by atoms with Crippen LogP contribution in [0.5, 0.6) is 0 Å². The molecule has 50 valence electrons. The molecule has 0 aliphatic rings. The minimum atomic E-state index is -0.317. The number of hydrogen-bond donors (Lipinski definition) is 1. The second-order valence-corrected chi connectivity index (χ2v) is 2.66. The summed E-state index contributed by atoms with van der Waals surface area (Å²) in [5.41, 5.74) is 4.95. The van der Waals surface area contributed by atoms with Gasteiger partial charge < -0.3 is 5.73 Å². The van der Waals surface area contributed by atoms with Crippen molar-refractivity contribution < 1.29 is 4.79 Å². The number of primary amides is 1. The van der Waals surface area contributed by atoms with Crippen molar-refractivity contribution in [3.63, 3.8) is 0 Å². The Morgan fingerprint density at radius 2 is 2.33 bits per heavy atom. The predicted molar refractivity (Wildman–Crippen MR) is 39.7 cm³/mol. The van der Waals surface area contributed by atoms with Crippen LogP contribution in [-0.2, 0) is 4.79 Å². The van der Waals surface area contributed by atoms with Gasteiger partial charge in [0.25, 0.3) is 0 Å². The first-order valence-electron chi connectivity index (χ1n) is 2.55. The molecule has 1 atom stereocenters. The monoisotopic (exact) mass is 143 g/mol. The molecule has 1 unspecified atom stereocenters. The average Bonchev–Trinajstić information content (AvgIpc) is 1.82. The van der Waals surface area contributed by atoms with Crippen molar-refractivity contribution in [1.29, 1.82) is 0 Å². The van der Waals surface area contributed by atoms with Crippen LogP contribution < -0.4 is 5.73 Å². The highest BCUT2D eigenvalue weighted by Crippen LogP contribution is 2.05. The van der Waals surface area contributed by atoms with E-state index in [0.29, 0.717) is 0 Å². The van der Waals surface area contributed by atoms with Crippen LogP contribution in [0.2, 0.25) is 0 Å². The zero-order valence-electron chi connectivity index (χ0n) is 5.47. The van der Waals surface area contributed by atoms with Gasteiger partial charge in [-0.2, -0.15) is 0 Å². The first kappa shape index (κ1) is 8.38. The number of amides is 1. The van der Waals surface area contributed by atoms with E-state index >= 15 is 0 Å². The van der Waals surface area contributed by atoms with Crippen LogP contribution in [0.4, 0.5) is 0 Å². The van der Waals surface area contributed by atoms with E-state index in [1.807, 2.05) is 0 Å². The minimum Gasteiger partial charge on any atom is -0.369 e. The second kappa shape index (κ2) is 4.28. The van der Waals surface area contributed by atoms with E-state index in [1.165, 1.54) is 11.8 Å². The first-order chi connectivity index (χ1) is 4.18. The van der Waals surface area contributed by atoms with Gasteiger partial charge in [0.15, 0.2) is 0 Å². The molecule has 0 saturated carbocycles. The van der Waals surface area contributed by atoms with Gasteiger partial charge in [0.1, 0.15) is 0 Å². The Morgan fingerprint density at radius 1 is 1.78 bits per heavy atom. The molecule has 0 bridgehead atoms. The summed E-state index contributed by atoms with van der Waals surface area (Å²) in [6, 6.07) is 0. The lowest BCUT2D eigenvalue weighted by Gasteiger charge is -1.97. The molecule has 0 aromatic rings. The molecule has 2 nitrogen and oxygen atoms in total. The molecule has 0 radical (unpaired) electrons. The molecule has 0 aliphatic heterocycles. The zero-order chi connectivity index (χ0) is 7.28. The quantitative estimate of drug-likeness (QED) is 0.574. The molecule has 0 aromatic heterocycles. The third-order valence-corrected chi connectivity index (χ3v) is 1.65. The van der Waals surface area contributed by atoms with E-state index in [4.69, 9.17) is 5.73 Å². The molecular formula is C6H9NOS. The molecule has 1 amide bonds. The van der Waals surface area contributed by atoms with Gasteiger partial charge in [-0.15, -0.1) is 0 Å². The van der Waals surface area contributed by atoms with Gasteiger partial charge >= 0.3 is 0 Å². The van der Waals surface area contributed by atoms with Crippen molar-refractivity contribution in [2.24, 2.45) is 5.73 Å². The van der Waals surface area contributed by atoms with E-state index in [1.54, 1.807) is 13.8 Å². The van der Waals surface area contributed by atoms with Gasteiger partial charge in [-0.05, 0) is 19.1 Å². The highest BCUT2D eigenvalue weighted by Gasteiger charge is 2.05. The van der Waals surface area contributed by atoms with E-state index in [2.05, 4.69) is 11.2 Å². The van der Waals surface area contributed by atoms with Crippen LogP contribution >= 0.6 is 11.8 Å². The molecule has 0 rings (SSSR count). The number of nitrogens with two attached hydrogens (primary N) is 1. The van der Waals surface area contributed by atoms with Crippen molar-refractivity contribution in [2.75, 3.05) is 0 Å². The van der Waals surface area contributed by atoms with Crippen LogP contribution in [0.1, 0.15) is 13.8 Å². The fourth-order valence-corrected chi connectivity index (χ4v) is 0.616. The van der Waals surface area contributed by atoms with E-state index in [0.717, 1.165) is 0 Å². The Hall–Kier alpha value is -0.620. The van der Waals surface area contributed by atoms with Gasteiger partial charge in [0, 0.05) is 0 Å². The summed E-state index contributed by atoms with van der Waals surface area (Å²) in [4.78, 5) is 10.3. The second-order valence-electron chi connectivity index (χ2n) is 1.51. The summed E-state index contributed by atoms with van der Waals surface area (Å²) < 4.78 is 0. The van der Waals surface area contributed by atoms with E-state index in [-0.39, 0.29) is 11.2 Å². The Kier molecular flexibility index (Phi) is 3.98. The average molecular weight is 143 g/mol. The van der Waals surface area contributed by atoms with Crippen molar-refractivity contribution in [3.05, 3.63) is 0 Å². The highest BCUT2D eigenvalue weighted by atomic mass is 32.2. The lowest BCUT2D eigenvalue weighted by atomic mass is 10.5. The zero-order valence-corrected chi connectivity index (χ0v) is 6.29. The molecule has 0 spiro atoms. The fourth-order valence-electron chi connectivity index (χ4n) is 0.205.